The van der Waals surface area contributed by atoms with Crippen LogP contribution >= 0.6 is 0 Å². The molecule has 0 bridgehead atoms. The van der Waals surface area contributed by atoms with Crippen molar-refractivity contribution in [2.45, 2.75) is 38.8 Å². The molecule has 4 heteroatoms. The van der Waals surface area contributed by atoms with Crippen molar-refractivity contribution in [1.29, 1.82) is 0 Å². The molecule has 0 aliphatic carbocycles. The first-order valence-corrected chi connectivity index (χ1v) is 7.62. The average molecular weight is 301 g/mol. The fourth-order valence-corrected chi connectivity index (χ4v) is 2.31. The molecule has 119 valence electrons. The first-order valence-electron chi connectivity index (χ1n) is 7.62. The van der Waals surface area contributed by atoms with Crippen molar-refractivity contribution >= 4 is 17.6 Å². The van der Waals surface area contributed by atoms with E-state index in [4.69, 9.17) is 0 Å². The van der Waals surface area contributed by atoms with Gasteiger partial charge < -0.3 is 0 Å². The van der Waals surface area contributed by atoms with E-state index in [-0.39, 0.29) is 5.54 Å². The fraction of sp³-hybridized carbons (Fsp3) is 0.500. The van der Waals surface area contributed by atoms with Crippen molar-refractivity contribution in [1.82, 2.24) is 9.55 Å². The first kappa shape index (κ1) is 16.7. The number of benzene rings is 1. The Morgan fingerprint density at radius 1 is 1.00 bits per heavy atom. The lowest BCUT2D eigenvalue weighted by atomic mass is 9.84. The Hall–Kier alpha value is -1.65. The molecule has 22 heavy (non-hydrogen) atoms. The molecule has 0 amide bonds. The van der Waals surface area contributed by atoms with Crippen LogP contribution in [0.5, 0.6) is 0 Å². The van der Waals surface area contributed by atoms with Crippen molar-refractivity contribution in [3.05, 3.63) is 35.9 Å². The number of aliphatic imine (C=N–C) groups is 1. The summed E-state index contributed by atoms with van der Waals surface area (Å²) >= 11 is 0. The van der Waals surface area contributed by atoms with Crippen LogP contribution in [-0.2, 0) is 5.21 Å². The molecule has 1 heterocycles. The SMILES string of the molecule is CC1(C)N=C(/C=C/c2ccc([N+](C)(C)C)cc2)N([O])C1(C)C. The fourth-order valence-electron chi connectivity index (χ4n) is 2.31. The van der Waals surface area contributed by atoms with Crippen LogP contribution in [0.2, 0.25) is 0 Å². The number of nitrogens with zero attached hydrogens (tertiary/aromatic N) is 3. The standard InChI is InChI=1S/C18H27N3O/c1-17(2)18(3,4)20(22)16(19-17)13-10-14-8-11-15(12-9-14)21(5,6)7/h8-13H,1-7H3/q+1/b13-10+. The van der Waals surface area contributed by atoms with E-state index in [1.165, 1.54) is 5.69 Å². The van der Waals surface area contributed by atoms with Crippen molar-refractivity contribution < 1.29 is 5.21 Å². The van der Waals surface area contributed by atoms with E-state index in [2.05, 4.69) is 50.4 Å². The maximum Gasteiger partial charge on any atom is 0.152 e. The van der Waals surface area contributed by atoms with Gasteiger partial charge in [0.1, 0.15) is 5.69 Å². The van der Waals surface area contributed by atoms with Gasteiger partial charge >= 0.3 is 0 Å². The Morgan fingerprint density at radius 3 is 1.95 bits per heavy atom. The predicted octanol–water partition coefficient (Wildman–Crippen LogP) is 3.51. The van der Waals surface area contributed by atoms with Gasteiger partial charge in [-0.15, -0.1) is 0 Å². The second-order valence-corrected chi connectivity index (χ2v) is 7.82. The molecule has 0 fully saturated rings. The van der Waals surface area contributed by atoms with Crippen molar-refractivity contribution in [2.75, 3.05) is 21.1 Å². The summed E-state index contributed by atoms with van der Waals surface area (Å²) in [6.07, 6.45) is 3.76. The number of hydroxylamine groups is 2. The van der Waals surface area contributed by atoms with Gasteiger partial charge in [-0.3, -0.25) is 9.48 Å². The van der Waals surface area contributed by atoms with Gasteiger partial charge in [0.25, 0.3) is 0 Å². The smallest absolute Gasteiger partial charge is 0.152 e. The van der Waals surface area contributed by atoms with E-state index in [0.717, 1.165) is 15.1 Å². The van der Waals surface area contributed by atoms with Crippen molar-refractivity contribution in [3.8, 4) is 0 Å². The second kappa shape index (κ2) is 5.21. The Labute approximate surface area is 133 Å². The van der Waals surface area contributed by atoms with Gasteiger partial charge in [0.15, 0.2) is 5.84 Å². The molecule has 1 aromatic carbocycles. The van der Waals surface area contributed by atoms with E-state index in [0.29, 0.717) is 5.84 Å². The molecule has 1 aliphatic rings. The highest BCUT2D eigenvalue weighted by Gasteiger charge is 2.49. The summed E-state index contributed by atoms with van der Waals surface area (Å²) in [5.41, 5.74) is 1.39. The van der Waals surface area contributed by atoms with Crippen LogP contribution in [0.3, 0.4) is 0 Å². The zero-order chi connectivity index (χ0) is 16.8. The van der Waals surface area contributed by atoms with Crippen molar-refractivity contribution in [3.63, 3.8) is 0 Å². The molecule has 1 aromatic rings. The third-order valence-electron chi connectivity index (χ3n) is 4.70. The molecule has 0 aromatic heterocycles. The van der Waals surface area contributed by atoms with Crippen LogP contribution < -0.4 is 4.48 Å². The molecule has 0 saturated heterocycles. The lowest BCUT2D eigenvalue weighted by molar-refractivity contribution is -0.157. The summed E-state index contributed by atoms with van der Waals surface area (Å²) in [7, 11) is 6.41. The second-order valence-electron chi connectivity index (χ2n) is 7.82. The van der Waals surface area contributed by atoms with Gasteiger partial charge in [0.2, 0.25) is 0 Å². The Morgan fingerprint density at radius 2 is 1.55 bits per heavy atom. The maximum atomic E-state index is 12.4. The van der Waals surface area contributed by atoms with Crippen LogP contribution in [-0.4, -0.2) is 43.1 Å². The van der Waals surface area contributed by atoms with E-state index in [9.17, 15) is 5.21 Å². The van der Waals surface area contributed by atoms with E-state index >= 15 is 0 Å². The van der Waals surface area contributed by atoms with Crippen LogP contribution in [0.1, 0.15) is 33.3 Å². The Bertz CT molecular complexity index is 604. The molecular formula is C18H27N3O+. The monoisotopic (exact) mass is 301 g/mol. The maximum absolute atomic E-state index is 12.4. The minimum atomic E-state index is -0.528. The summed E-state index contributed by atoms with van der Waals surface area (Å²) in [6.45, 7) is 7.85. The minimum absolute atomic E-state index is 0.387. The Balaban J connectivity index is 2.20. The Kier molecular flexibility index (Phi) is 3.96. The van der Waals surface area contributed by atoms with Gasteiger partial charge in [0, 0.05) is 0 Å². The van der Waals surface area contributed by atoms with Gasteiger partial charge in [0.05, 0.1) is 32.2 Å². The zero-order valence-electron chi connectivity index (χ0n) is 14.7. The highest BCUT2D eigenvalue weighted by atomic mass is 16.5. The molecule has 0 saturated carbocycles. The van der Waals surface area contributed by atoms with Gasteiger partial charge in [-0.2, -0.15) is 5.06 Å². The van der Waals surface area contributed by atoms with Crippen molar-refractivity contribution in [2.24, 2.45) is 4.99 Å². The van der Waals surface area contributed by atoms with Crippen LogP contribution in [0.4, 0.5) is 5.69 Å². The average Bonchev–Trinajstić information content (AvgIpc) is 2.56. The number of quaternary nitrogens is 1. The molecule has 1 radical (unpaired) electrons. The normalized spacial score (nSPS) is 20.5. The van der Waals surface area contributed by atoms with Crippen LogP contribution in [0, 0.1) is 0 Å². The van der Waals surface area contributed by atoms with Crippen LogP contribution in [0.25, 0.3) is 6.08 Å². The molecule has 0 N–H and O–H groups in total. The molecule has 1 aliphatic heterocycles. The highest BCUT2D eigenvalue weighted by Crippen LogP contribution is 2.36. The largest absolute Gasteiger partial charge is 0.298 e. The predicted molar refractivity (Wildman–Crippen MR) is 93.2 cm³/mol. The molecular weight excluding hydrogens is 274 g/mol. The molecule has 4 nitrogen and oxygen atoms in total. The molecule has 0 atom stereocenters. The first-order chi connectivity index (χ1) is 9.95. The van der Waals surface area contributed by atoms with Crippen LogP contribution in [0.15, 0.2) is 35.3 Å². The number of amidine groups is 1. The number of hydrogen-bond donors (Lipinski definition) is 0. The highest BCUT2D eigenvalue weighted by molar-refractivity contribution is 5.98. The zero-order valence-corrected chi connectivity index (χ0v) is 14.7. The quantitative estimate of drug-likeness (QED) is 0.787. The van der Waals surface area contributed by atoms with E-state index < -0.39 is 5.54 Å². The molecule has 2 rings (SSSR count). The summed E-state index contributed by atoms with van der Waals surface area (Å²) in [5, 5.41) is 13.4. The lowest BCUT2D eigenvalue weighted by Gasteiger charge is -2.35. The summed E-state index contributed by atoms with van der Waals surface area (Å²) in [5.74, 6) is 0.491. The van der Waals surface area contributed by atoms with Gasteiger partial charge in [-0.25, -0.2) is 0 Å². The summed E-state index contributed by atoms with van der Waals surface area (Å²) < 4.78 is 0.785. The molecule has 0 unspecified atom stereocenters. The minimum Gasteiger partial charge on any atom is -0.298 e. The third kappa shape index (κ3) is 2.94. The van der Waals surface area contributed by atoms with E-state index in [1.54, 1.807) is 0 Å². The summed E-state index contributed by atoms with van der Waals surface area (Å²) in [6, 6.07) is 8.35. The number of hydrogen-bond acceptors (Lipinski definition) is 2. The van der Waals surface area contributed by atoms with Gasteiger partial charge in [-0.05, 0) is 63.6 Å². The lowest BCUT2D eigenvalue weighted by Crippen LogP contribution is -2.50. The molecule has 0 spiro atoms. The van der Waals surface area contributed by atoms with Gasteiger partial charge in [-0.1, -0.05) is 11.3 Å². The number of rotatable bonds is 3. The topological polar surface area (TPSA) is 35.5 Å². The summed E-state index contributed by atoms with van der Waals surface area (Å²) in [4.78, 5) is 4.57. The van der Waals surface area contributed by atoms with E-state index in [1.807, 2.05) is 39.8 Å². The third-order valence-corrected chi connectivity index (χ3v) is 4.70.